The van der Waals surface area contributed by atoms with Crippen LogP contribution in [-0.2, 0) is 19.1 Å². The molecule has 0 aromatic heterocycles. The van der Waals surface area contributed by atoms with Gasteiger partial charge in [-0.25, -0.2) is 9.59 Å². The minimum atomic E-state index is -4.50. The number of hydrogen-bond donors (Lipinski definition) is 0. The second-order valence-corrected chi connectivity index (χ2v) is 6.02. The minimum Gasteiger partial charge on any atom is -0.402 e. The molecule has 7 heteroatoms. The van der Waals surface area contributed by atoms with E-state index in [-0.39, 0.29) is 6.42 Å². The first-order chi connectivity index (χ1) is 6.32. The van der Waals surface area contributed by atoms with Crippen molar-refractivity contribution in [3.63, 3.8) is 0 Å². The Hall–Kier alpha value is -0.770. The number of hydrogen-bond acceptors (Lipinski definition) is 4. The van der Waals surface area contributed by atoms with E-state index >= 15 is 0 Å². The Bertz CT molecular complexity index is 345. The molecule has 0 aromatic rings. The lowest BCUT2D eigenvalue weighted by atomic mass is 10.1. The van der Waals surface area contributed by atoms with Gasteiger partial charge in [0.2, 0.25) is 0 Å². The lowest BCUT2D eigenvalue weighted by Gasteiger charge is -2.16. The summed E-state index contributed by atoms with van der Waals surface area (Å²) in [5.41, 5.74) is 0. The van der Waals surface area contributed by atoms with Crippen LogP contribution in [0, 0.1) is 0 Å². The summed E-state index contributed by atoms with van der Waals surface area (Å²) in [4.78, 5) is 21.6. The lowest BCUT2D eigenvalue weighted by molar-refractivity contribution is -0.193. The average molecular weight is 225 g/mol. The molecule has 78 valence electrons. The van der Waals surface area contributed by atoms with Crippen LogP contribution in [0.1, 0.15) is 20.3 Å². The van der Waals surface area contributed by atoms with E-state index < -0.39 is 30.5 Å². The fourth-order valence-corrected chi connectivity index (χ4v) is 4.28. The quantitative estimate of drug-likeness (QED) is 0.387. The van der Waals surface area contributed by atoms with Gasteiger partial charge in [-0.1, -0.05) is 6.92 Å². The van der Waals surface area contributed by atoms with Gasteiger partial charge in [-0.15, -0.1) is 0 Å². The van der Waals surface area contributed by atoms with Crippen LogP contribution in [0.4, 0.5) is 8.39 Å². The van der Waals surface area contributed by atoms with Crippen LogP contribution in [0.15, 0.2) is 0 Å². The molecule has 2 heterocycles. The summed E-state index contributed by atoms with van der Waals surface area (Å²) in [5, 5.41) is -3.72. The predicted octanol–water partition coefficient (Wildman–Crippen LogP) is 1.71. The van der Waals surface area contributed by atoms with Gasteiger partial charge in [-0.3, -0.25) is 0 Å². The van der Waals surface area contributed by atoms with Crippen molar-refractivity contribution in [1.29, 1.82) is 0 Å². The van der Waals surface area contributed by atoms with Gasteiger partial charge in [0.05, 0.1) is 0 Å². The Balaban J connectivity index is 2.43. The first kappa shape index (κ1) is 9.77. The molecule has 2 aliphatic heterocycles. The summed E-state index contributed by atoms with van der Waals surface area (Å²) in [6.07, 6.45) is -0.0384. The second-order valence-electron chi connectivity index (χ2n) is 3.41. The van der Waals surface area contributed by atoms with E-state index in [9.17, 15) is 18.0 Å². The molecule has 0 saturated carbocycles. The summed E-state index contributed by atoms with van der Waals surface area (Å²) in [6, 6.07) is 0. The van der Waals surface area contributed by atoms with Crippen LogP contribution in [0.25, 0.3) is 0 Å². The minimum absolute atomic E-state index is 0.0384. The summed E-state index contributed by atoms with van der Waals surface area (Å²) in [5.74, 6) is -2.64. The lowest BCUT2D eigenvalue weighted by Crippen LogP contribution is -2.42. The van der Waals surface area contributed by atoms with Crippen LogP contribution >= 0.6 is 7.88 Å². The van der Waals surface area contributed by atoms with Crippen LogP contribution in [0.3, 0.4) is 0 Å². The molecule has 0 aliphatic carbocycles. The maximum atomic E-state index is 13.4. The number of carbonyl (C=O) groups is 2. The molecule has 14 heavy (non-hydrogen) atoms. The first-order valence-electron chi connectivity index (χ1n) is 4.07. The highest BCUT2D eigenvalue weighted by atomic mass is 31.2. The van der Waals surface area contributed by atoms with Gasteiger partial charge in [-0.05, 0) is 8.39 Å². The summed E-state index contributed by atoms with van der Waals surface area (Å²) in [7, 11) is -4.50. The highest BCUT2D eigenvalue weighted by Gasteiger charge is 3.09. The molecule has 2 atom stereocenters. The highest BCUT2D eigenvalue weighted by molar-refractivity contribution is 7.77. The maximum absolute atomic E-state index is 13.4. The maximum Gasteiger partial charge on any atom is 0.491 e. The fraction of sp³-hybridized carbons (Fsp3) is 0.714. The Labute approximate surface area is 79.1 Å². The van der Waals surface area contributed by atoms with Crippen molar-refractivity contribution in [3.8, 4) is 0 Å². The van der Waals surface area contributed by atoms with E-state index in [1.165, 1.54) is 6.92 Å². The third-order valence-corrected chi connectivity index (χ3v) is 5.91. The number of halogens is 2. The van der Waals surface area contributed by atoms with Gasteiger partial charge in [0.1, 0.15) is 0 Å². The molecule has 0 N–H and O–H groups in total. The summed E-state index contributed by atoms with van der Waals surface area (Å²) >= 11 is 0. The molecule has 0 aromatic carbocycles. The van der Waals surface area contributed by atoms with E-state index in [0.717, 1.165) is 6.92 Å². The Kier molecular flexibility index (Phi) is 1.56. The summed E-state index contributed by atoms with van der Waals surface area (Å²) in [6.45, 7) is 2.60. The number of esters is 2. The zero-order valence-electron chi connectivity index (χ0n) is 7.54. The third kappa shape index (κ3) is 0.691. The number of ether oxygens (including phenoxy) is 2. The van der Waals surface area contributed by atoms with Crippen molar-refractivity contribution >= 4 is 19.8 Å². The van der Waals surface area contributed by atoms with E-state index in [2.05, 4.69) is 9.47 Å². The zero-order chi connectivity index (χ0) is 10.8. The Morgan fingerprint density at radius 2 is 1.79 bits per heavy atom. The molecule has 0 spiro atoms. The Morgan fingerprint density at radius 3 is 2.29 bits per heavy atom. The molecule has 4 nitrogen and oxygen atoms in total. The van der Waals surface area contributed by atoms with Crippen LogP contribution in [0.2, 0.25) is 0 Å². The topological polar surface area (TPSA) is 52.6 Å². The van der Waals surface area contributed by atoms with Gasteiger partial charge >= 0.3 is 30.5 Å². The molecular weight excluding hydrogens is 217 g/mol. The molecule has 2 saturated heterocycles. The van der Waals surface area contributed by atoms with Gasteiger partial charge in [-0.2, -0.15) is 0 Å². The van der Waals surface area contributed by atoms with Crippen molar-refractivity contribution in [2.24, 2.45) is 0 Å². The van der Waals surface area contributed by atoms with E-state index in [1.54, 1.807) is 0 Å². The average Bonchev–Trinajstić information content (AvgIpc) is 2.45. The van der Waals surface area contributed by atoms with Crippen molar-refractivity contribution in [3.05, 3.63) is 0 Å². The molecule has 0 amide bonds. The highest BCUT2D eigenvalue weighted by Crippen LogP contribution is 3.01. The van der Waals surface area contributed by atoms with E-state index in [0.29, 0.717) is 0 Å². The van der Waals surface area contributed by atoms with Crippen LogP contribution in [-0.4, -0.2) is 22.6 Å². The molecule has 1 unspecified atom stereocenters. The fourth-order valence-electron chi connectivity index (χ4n) is 1.87. The Morgan fingerprint density at radius 1 is 1.29 bits per heavy atom. The third-order valence-electron chi connectivity index (χ3n) is 2.86. The van der Waals surface area contributed by atoms with Crippen molar-refractivity contribution < 1.29 is 27.5 Å². The molecule has 0 bridgehead atoms. The van der Waals surface area contributed by atoms with E-state index in [1.807, 2.05) is 0 Å². The molecule has 0 radical (unpaired) electrons. The van der Waals surface area contributed by atoms with Gasteiger partial charge in [0.15, 0.2) is 0 Å². The molecular formula is C7H8F2O4P+. The van der Waals surface area contributed by atoms with E-state index in [4.69, 9.17) is 0 Å². The number of rotatable bonds is 1. The van der Waals surface area contributed by atoms with Crippen molar-refractivity contribution in [2.45, 2.75) is 31.0 Å². The first-order valence-corrected chi connectivity index (χ1v) is 5.64. The summed E-state index contributed by atoms with van der Waals surface area (Å²) < 4.78 is 35.9. The normalized spacial score (nSPS) is 43.7. The van der Waals surface area contributed by atoms with Crippen LogP contribution < -0.4 is 0 Å². The molecule has 2 rings (SSSR count). The monoisotopic (exact) mass is 225 g/mol. The molecule has 2 fully saturated rings. The van der Waals surface area contributed by atoms with Gasteiger partial charge in [0, 0.05) is 13.3 Å². The zero-order valence-corrected chi connectivity index (χ0v) is 8.44. The SMILES string of the molecule is CCC12OC(=O)C(=O)O[C@@]1(C)[P+]2(F)F. The van der Waals surface area contributed by atoms with Gasteiger partial charge < -0.3 is 9.47 Å². The van der Waals surface area contributed by atoms with Crippen LogP contribution in [0.5, 0.6) is 0 Å². The van der Waals surface area contributed by atoms with Crippen molar-refractivity contribution in [2.75, 3.05) is 0 Å². The van der Waals surface area contributed by atoms with Gasteiger partial charge in [0.25, 0.3) is 0 Å². The number of carbonyl (C=O) groups excluding carboxylic acids is 2. The predicted molar refractivity (Wildman–Crippen MR) is 42.7 cm³/mol. The largest absolute Gasteiger partial charge is 0.491 e. The standard InChI is InChI=1S/C7H8F2O4P/c1-3-7-6(2,14(7,8)9)12-4(10)5(11)13-7/h3H2,1-2H3/q+1/t6-,7?/m0/s1. The smallest absolute Gasteiger partial charge is 0.402 e. The number of fused-ring (bicyclic) bond motifs is 1. The molecule has 2 aliphatic rings. The van der Waals surface area contributed by atoms with Crippen molar-refractivity contribution in [1.82, 2.24) is 0 Å². The second kappa shape index (κ2) is 2.24.